The molecule has 0 aliphatic heterocycles. The zero-order valence-corrected chi connectivity index (χ0v) is 11.8. The number of nitriles is 1. The highest BCUT2D eigenvalue weighted by molar-refractivity contribution is 6.76. The summed E-state index contributed by atoms with van der Waals surface area (Å²) in [6.07, 6.45) is 0. The molecule has 0 aliphatic carbocycles. The number of hydrogen-bond acceptors (Lipinski definition) is 5. The standard InChI is InChI=1S/C11H17N3O3Si/c1-18(2,3)5-4-17-8-14-11(16)10(15)6-9(7-12)13-14/h6,15H,4-5,8H2,1-3H3. The average molecular weight is 267 g/mol. The van der Waals surface area contributed by atoms with Gasteiger partial charge in [-0.25, -0.2) is 0 Å². The number of ether oxygens (including phenoxy) is 1. The van der Waals surface area contributed by atoms with Crippen molar-refractivity contribution >= 4 is 8.07 Å². The summed E-state index contributed by atoms with van der Waals surface area (Å²) in [6.45, 7) is 7.17. The van der Waals surface area contributed by atoms with Gasteiger partial charge in [0.05, 0.1) is 0 Å². The van der Waals surface area contributed by atoms with E-state index in [9.17, 15) is 9.90 Å². The van der Waals surface area contributed by atoms with Crippen LogP contribution < -0.4 is 5.56 Å². The first-order valence-electron chi connectivity index (χ1n) is 5.62. The van der Waals surface area contributed by atoms with Gasteiger partial charge in [0.2, 0.25) is 0 Å². The second kappa shape index (κ2) is 5.80. The van der Waals surface area contributed by atoms with Crippen LogP contribution in [0.2, 0.25) is 25.7 Å². The molecule has 0 unspecified atom stereocenters. The first kappa shape index (κ1) is 14.4. The van der Waals surface area contributed by atoms with E-state index in [1.807, 2.05) is 0 Å². The molecule has 0 saturated carbocycles. The highest BCUT2D eigenvalue weighted by Crippen LogP contribution is 2.07. The third kappa shape index (κ3) is 4.31. The average Bonchev–Trinajstić information content (AvgIpc) is 2.28. The van der Waals surface area contributed by atoms with E-state index in [1.54, 1.807) is 6.07 Å². The van der Waals surface area contributed by atoms with E-state index in [0.29, 0.717) is 6.61 Å². The Morgan fingerprint density at radius 3 is 2.78 bits per heavy atom. The second-order valence-electron chi connectivity index (χ2n) is 5.18. The summed E-state index contributed by atoms with van der Waals surface area (Å²) < 4.78 is 6.30. The van der Waals surface area contributed by atoms with Crippen LogP contribution in [0.25, 0.3) is 0 Å². The van der Waals surface area contributed by atoms with Crippen molar-refractivity contribution in [3.8, 4) is 11.8 Å². The summed E-state index contributed by atoms with van der Waals surface area (Å²) in [5.41, 5.74) is -0.664. The Balaban J connectivity index is 2.66. The van der Waals surface area contributed by atoms with Crippen LogP contribution >= 0.6 is 0 Å². The Morgan fingerprint density at radius 2 is 2.22 bits per heavy atom. The molecule has 0 atom stereocenters. The van der Waals surface area contributed by atoms with Gasteiger partial charge >= 0.3 is 5.56 Å². The number of aromatic hydroxyl groups is 1. The maximum absolute atomic E-state index is 11.5. The maximum atomic E-state index is 11.5. The summed E-state index contributed by atoms with van der Waals surface area (Å²) in [5.74, 6) is -0.490. The van der Waals surface area contributed by atoms with Crippen LogP contribution in [0.1, 0.15) is 5.69 Å². The SMILES string of the molecule is C[Si](C)(C)CCOCn1nc(C#N)cc(O)c1=O. The lowest BCUT2D eigenvalue weighted by molar-refractivity contribution is 0.0740. The summed E-state index contributed by atoms with van der Waals surface area (Å²) >= 11 is 0. The van der Waals surface area contributed by atoms with Crippen molar-refractivity contribution < 1.29 is 9.84 Å². The molecule has 6 nitrogen and oxygen atoms in total. The smallest absolute Gasteiger partial charge is 0.311 e. The molecule has 0 aromatic carbocycles. The van der Waals surface area contributed by atoms with E-state index < -0.39 is 19.4 Å². The summed E-state index contributed by atoms with van der Waals surface area (Å²) in [7, 11) is -1.17. The Bertz CT molecular complexity index is 514. The fraction of sp³-hybridized carbons (Fsp3) is 0.545. The topological polar surface area (TPSA) is 88.1 Å². The van der Waals surface area contributed by atoms with Gasteiger partial charge in [0.1, 0.15) is 12.8 Å². The number of nitrogens with zero attached hydrogens (tertiary/aromatic N) is 3. The molecular weight excluding hydrogens is 250 g/mol. The maximum Gasteiger partial charge on any atom is 0.311 e. The normalized spacial score (nSPS) is 11.2. The van der Waals surface area contributed by atoms with Crippen LogP contribution in [0.5, 0.6) is 5.75 Å². The summed E-state index contributed by atoms with van der Waals surface area (Å²) in [4.78, 5) is 11.5. The molecule has 0 saturated heterocycles. The van der Waals surface area contributed by atoms with E-state index in [2.05, 4.69) is 24.7 Å². The molecule has 0 amide bonds. The Morgan fingerprint density at radius 1 is 1.56 bits per heavy atom. The zero-order chi connectivity index (χ0) is 13.8. The minimum atomic E-state index is -1.17. The number of hydrogen-bond donors (Lipinski definition) is 1. The lowest BCUT2D eigenvalue weighted by atomic mass is 10.4. The predicted molar refractivity (Wildman–Crippen MR) is 69.0 cm³/mol. The Hall–Kier alpha value is -1.65. The Labute approximate surface area is 106 Å². The van der Waals surface area contributed by atoms with Crippen LogP contribution in [-0.2, 0) is 11.5 Å². The third-order valence-electron chi connectivity index (χ3n) is 2.28. The monoisotopic (exact) mass is 267 g/mol. The van der Waals surface area contributed by atoms with Gasteiger partial charge < -0.3 is 9.84 Å². The van der Waals surface area contributed by atoms with Crippen molar-refractivity contribution in [2.75, 3.05) is 6.61 Å². The molecule has 0 fully saturated rings. The molecule has 18 heavy (non-hydrogen) atoms. The highest BCUT2D eigenvalue weighted by Gasteiger charge is 2.12. The molecule has 0 bridgehead atoms. The van der Waals surface area contributed by atoms with Crippen LogP contribution in [0, 0.1) is 11.3 Å². The van der Waals surface area contributed by atoms with Gasteiger partial charge in [0, 0.05) is 20.7 Å². The van der Waals surface area contributed by atoms with Crippen LogP contribution in [-0.4, -0.2) is 29.6 Å². The molecule has 98 valence electrons. The predicted octanol–water partition coefficient (Wildman–Crippen LogP) is 1.13. The van der Waals surface area contributed by atoms with Crippen molar-refractivity contribution in [1.29, 1.82) is 5.26 Å². The van der Waals surface area contributed by atoms with Gasteiger partial charge in [-0.15, -0.1) is 0 Å². The molecular formula is C11H17N3O3Si. The molecule has 1 aromatic heterocycles. The minimum Gasteiger partial charge on any atom is -0.503 e. The molecule has 0 aliphatic rings. The lowest BCUT2D eigenvalue weighted by Crippen LogP contribution is -2.26. The van der Waals surface area contributed by atoms with Crippen molar-refractivity contribution in [3.05, 3.63) is 22.1 Å². The van der Waals surface area contributed by atoms with E-state index >= 15 is 0 Å². The molecule has 1 rings (SSSR count). The van der Waals surface area contributed by atoms with Crippen molar-refractivity contribution in [1.82, 2.24) is 9.78 Å². The largest absolute Gasteiger partial charge is 0.503 e. The van der Waals surface area contributed by atoms with Gasteiger partial charge in [0.25, 0.3) is 0 Å². The molecule has 0 spiro atoms. The zero-order valence-electron chi connectivity index (χ0n) is 10.8. The van der Waals surface area contributed by atoms with Gasteiger partial charge in [0.15, 0.2) is 11.4 Å². The summed E-state index contributed by atoms with van der Waals surface area (Å²) in [5, 5.41) is 21.8. The highest BCUT2D eigenvalue weighted by atomic mass is 28.3. The van der Waals surface area contributed by atoms with Crippen LogP contribution in [0.3, 0.4) is 0 Å². The second-order valence-corrected chi connectivity index (χ2v) is 10.8. The summed E-state index contributed by atoms with van der Waals surface area (Å²) in [6, 6.07) is 3.79. The Kier molecular flexibility index (Phi) is 4.64. The van der Waals surface area contributed by atoms with E-state index in [4.69, 9.17) is 10.00 Å². The molecule has 1 aromatic rings. The van der Waals surface area contributed by atoms with Crippen molar-refractivity contribution in [3.63, 3.8) is 0 Å². The molecule has 0 radical (unpaired) electrons. The molecule has 1 N–H and O–H groups in total. The fourth-order valence-corrected chi connectivity index (χ4v) is 1.96. The van der Waals surface area contributed by atoms with Crippen molar-refractivity contribution in [2.45, 2.75) is 32.4 Å². The van der Waals surface area contributed by atoms with E-state index in [0.717, 1.165) is 16.8 Å². The third-order valence-corrected chi connectivity index (χ3v) is 3.98. The first-order chi connectivity index (χ1) is 8.33. The van der Waals surface area contributed by atoms with Crippen LogP contribution in [0.4, 0.5) is 0 Å². The quantitative estimate of drug-likeness (QED) is 0.638. The van der Waals surface area contributed by atoms with E-state index in [1.165, 1.54) is 0 Å². The number of rotatable bonds is 5. The minimum absolute atomic E-state index is 0.0131. The van der Waals surface area contributed by atoms with Gasteiger partial charge in [-0.2, -0.15) is 15.0 Å². The van der Waals surface area contributed by atoms with E-state index in [-0.39, 0.29) is 12.4 Å². The lowest BCUT2D eigenvalue weighted by Gasteiger charge is -2.15. The van der Waals surface area contributed by atoms with Gasteiger partial charge in [-0.05, 0) is 6.04 Å². The molecule has 7 heteroatoms. The first-order valence-corrected chi connectivity index (χ1v) is 9.33. The molecule has 1 heterocycles. The fourth-order valence-electron chi connectivity index (χ4n) is 1.20. The van der Waals surface area contributed by atoms with Gasteiger partial charge in [-0.3, -0.25) is 4.79 Å². The number of aromatic nitrogens is 2. The van der Waals surface area contributed by atoms with Gasteiger partial charge in [-0.1, -0.05) is 19.6 Å². The van der Waals surface area contributed by atoms with Crippen LogP contribution in [0.15, 0.2) is 10.9 Å². The van der Waals surface area contributed by atoms with Crippen molar-refractivity contribution in [2.24, 2.45) is 0 Å².